The number of ether oxygens (including phenoxy) is 1. The van der Waals surface area contributed by atoms with Gasteiger partial charge in [0, 0.05) is 12.2 Å². The molecule has 0 radical (unpaired) electrons. The third kappa shape index (κ3) is 6.20. The van der Waals surface area contributed by atoms with Crippen molar-refractivity contribution in [2.24, 2.45) is 0 Å². The number of hydrogen-bond acceptors (Lipinski definition) is 4. The number of hydrogen-bond donors (Lipinski definition) is 2. The van der Waals surface area contributed by atoms with E-state index in [-0.39, 0.29) is 24.5 Å². The van der Waals surface area contributed by atoms with Crippen molar-refractivity contribution in [2.45, 2.75) is 45.6 Å². The van der Waals surface area contributed by atoms with Crippen molar-refractivity contribution in [3.05, 3.63) is 107 Å². The lowest BCUT2D eigenvalue weighted by atomic mass is 9.91. The molecule has 7 heteroatoms. The predicted molar refractivity (Wildman–Crippen MR) is 153 cm³/mol. The third-order valence-corrected chi connectivity index (χ3v) is 6.75. The fourth-order valence-corrected chi connectivity index (χ4v) is 4.92. The Labute approximate surface area is 229 Å². The second kappa shape index (κ2) is 12.9. The average Bonchev–Trinajstić information content (AvgIpc) is 2.96. The van der Waals surface area contributed by atoms with Gasteiger partial charge in [-0.05, 0) is 48.6 Å². The second-order valence-electron chi connectivity index (χ2n) is 9.37. The van der Waals surface area contributed by atoms with Gasteiger partial charge >= 0.3 is 12.0 Å². The van der Waals surface area contributed by atoms with Crippen LogP contribution in [0.4, 0.5) is 10.5 Å². The number of carbonyl (C=O) groups excluding carboxylic acids is 3. The predicted octanol–water partition coefficient (Wildman–Crippen LogP) is 6.27. The minimum Gasteiger partial charge on any atom is -0.463 e. The standard InChI is InChI=1S/C32H35N3O4/c1-4-21-35-29(24-15-11-8-12-16-24)27(31(37)39-6-3)28(34-32(35)38)23-17-19-25(20-18-23)33-30(36)26(5-2)22-13-9-7-10-14-22/h7-20,26,28H,4-6,21H2,1-3H3,(H,33,36)(H,34,38). The monoisotopic (exact) mass is 525 g/mol. The van der Waals surface area contributed by atoms with Crippen LogP contribution in [0.1, 0.15) is 62.3 Å². The number of esters is 1. The lowest BCUT2D eigenvalue weighted by Gasteiger charge is -2.36. The summed E-state index contributed by atoms with van der Waals surface area (Å²) in [5.74, 6) is -0.829. The Morgan fingerprint density at radius 3 is 2.15 bits per heavy atom. The van der Waals surface area contributed by atoms with Gasteiger partial charge in [0.05, 0.1) is 29.8 Å². The summed E-state index contributed by atoms with van der Waals surface area (Å²) >= 11 is 0. The Morgan fingerprint density at radius 2 is 1.56 bits per heavy atom. The molecule has 3 amide bonds. The maximum absolute atomic E-state index is 13.4. The highest BCUT2D eigenvalue weighted by molar-refractivity contribution is 6.04. The summed E-state index contributed by atoms with van der Waals surface area (Å²) < 4.78 is 5.47. The minimum atomic E-state index is -0.711. The SMILES string of the molecule is CCCN1C(=O)NC(c2ccc(NC(=O)C(CC)c3ccccc3)cc2)C(C(=O)OCC)=C1c1ccccc1. The molecule has 4 rings (SSSR count). The van der Waals surface area contributed by atoms with Gasteiger partial charge < -0.3 is 15.4 Å². The molecule has 0 aliphatic carbocycles. The molecule has 2 N–H and O–H groups in total. The van der Waals surface area contributed by atoms with Crippen molar-refractivity contribution in [1.82, 2.24) is 10.2 Å². The molecular formula is C32H35N3O4. The van der Waals surface area contributed by atoms with Crippen LogP contribution >= 0.6 is 0 Å². The van der Waals surface area contributed by atoms with Gasteiger partial charge in [-0.2, -0.15) is 0 Å². The number of amides is 3. The van der Waals surface area contributed by atoms with Gasteiger partial charge in [-0.25, -0.2) is 9.59 Å². The summed E-state index contributed by atoms with van der Waals surface area (Å²) in [7, 11) is 0. The fraction of sp³-hybridized carbons (Fsp3) is 0.281. The summed E-state index contributed by atoms with van der Waals surface area (Å²) in [6.07, 6.45) is 1.40. The maximum atomic E-state index is 13.4. The maximum Gasteiger partial charge on any atom is 0.338 e. The topological polar surface area (TPSA) is 87.7 Å². The number of anilines is 1. The first-order valence-corrected chi connectivity index (χ1v) is 13.5. The van der Waals surface area contributed by atoms with Gasteiger partial charge in [-0.15, -0.1) is 0 Å². The van der Waals surface area contributed by atoms with Gasteiger partial charge in [0.1, 0.15) is 0 Å². The van der Waals surface area contributed by atoms with Crippen LogP contribution in [0.5, 0.6) is 0 Å². The number of nitrogens with one attached hydrogen (secondary N) is 2. The number of nitrogens with zero attached hydrogens (tertiary/aromatic N) is 1. The molecule has 202 valence electrons. The first-order valence-electron chi connectivity index (χ1n) is 13.5. The van der Waals surface area contributed by atoms with Crippen LogP contribution in [-0.2, 0) is 14.3 Å². The zero-order valence-electron chi connectivity index (χ0n) is 22.6. The molecule has 0 saturated heterocycles. The van der Waals surface area contributed by atoms with Gasteiger partial charge in [0.2, 0.25) is 5.91 Å². The van der Waals surface area contributed by atoms with E-state index in [4.69, 9.17) is 4.74 Å². The molecule has 0 aromatic heterocycles. The Kier molecular flexibility index (Phi) is 9.15. The van der Waals surface area contributed by atoms with Crippen LogP contribution in [0.15, 0.2) is 90.5 Å². The summed E-state index contributed by atoms with van der Waals surface area (Å²) in [4.78, 5) is 41.3. The molecule has 1 aliphatic rings. The van der Waals surface area contributed by atoms with E-state index < -0.39 is 12.0 Å². The number of benzene rings is 3. The van der Waals surface area contributed by atoms with E-state index in [9.17, 15) is 14.4 Å². The van der Waals surface area contributed by atoms with Crippen molar-refractivity contribution in [3.8, 4) is 0 Å². The van der Waals surface area contributed by atoms with Crippen molar-refractivity contribution in [2.75, 3.05) is 18.5 Å². The summed E-state index contributed by atoms with van der Waals surface area (Å²) in [5.41, 5.74) is 4.01. The summed E-state index contributed by atoms with van der Waals surface area (Å²) in [6, 6.07) is 25.4. The molecule has 1 heterocycles. The molecule has 2 unspecified atom stereocenters. The van der Waals surface area contributed by atoms with E-state index in [1.807, 2.05) is 86.6 Å². The summed E-state index contributed by atoms with van der Waals surface area (Å²) in [5, 5.41) is 6.01. The molecule has 7 nitrogen and oxygen atoms in total. The summed E-state index contributed by atoms with van der Waals surface area (Å²) in [6.45, 7) is 6.40. The molecule has 3 aromatic carbocycles. The van der Waals surface area contributed by atoms with Crippen LogP contribution in [0.3, 0.4) is 0 Å². The van der Waals surface area contributed by atoms with Gasteiger partial charge in [-0.3, -0.25) is 9.69 Å². The van der Waals surface area contributed by atoms with Crippen LogP contribution in [0.25, 0.3) is 5.70 Å². The molecule has 1 aliphatic heterocycles. The second-order valence-corrected chi connectivity index (χ2v) is 9.37. The highest BCUT2D eigenvalue weighted by Gasteiger charge is 2.38. The Bertz CT molecular complexity index is 1320. The number of rotatable bonds is 10. The van der Waals surface area contributed by atoms with Crippen molar-refractivity contribution in [3.63, 3.8) is 0 Å². The van der Waals surface area contributed by atoms with Gasteiger partial charge in [-0.1, -0.05) is 86.6 Å². The molecule has 3 aromatic rings. The smallest absolute Gasteiger partial charge is 0.338 e. The van der Waals surface area contributed by atoms with Gasteiger partial charge in [0.15, 0.2) is 0 Å². The molecule has 0 saturated carbocycles. The van der Waals surface area contributed by atoms with E-state index in [2.05, 4.69) is 10.6 Å². The first-order chi connectivity index (χ1) is 19.0. The van der Waals surface area contributed by atoms with Crippen molar-refractivity contribution < 1.29 is 19.1 Å². The molecule has 0 bridgehead atoms. The van der Waals surface area contributed by atoms with E-state index >= 15 is 0 Å². The average molecular weight is 526 g/mol. The normalized spacial score (nSPS) is 15.9. The highest BCUT2D eigenvalue weighted by atomic mass is 16.5. The zero-order valence-corrected chi connectivity index (χ0v) is 22.6. The Morgan fingerprint density at radius 1 is 0.923 bits per heavy atom. The number of urea groups is 1. The van der Waals surface area contributed by atoms with Crippen LogP contribution in [-0.4, -0.2) is 36.0 Å². The van der Waals surface area contributed by atoms with E-state index in [1.54, 1.807) is 24.0 Å². The van der Waals surface area contributed by atoms with E-state index in [0.29, 0.717) is 35.5 Å². The third-order valence-electron chi connectivity index (χ3n) is 6.75. The van der Waals surface area contributed by atoms with Crippen molar-refractivity contribution >= 4 is 29.3 Å². The quantitative estimate of drug-likeness (QED) is 0.306. The zero-order chi connectivity index (χ0) is 27.8. The Balaban J connectivity index is 1.69. The molecule has 0 spiro atoms. The molecule has 39 heavy (non-hydrogen) atoms. The lowest BCUT2D eigenvalue weighted by molar-refractivity contribution is -0.139. The number of carbonyl (C=O) groups is 3. The molecule has 2 atom stereocenters. The van der Waals surface area contributed by atoms with Crippen molar-refractivity contribution in [1.29, 1.82) is 0 Å². The molecular weight excluding hydrogens is 490 g/mol. The van der Waals surface area contributed by atoms with E-state index in [0.717, 1.165) is 17.5 Å². The minimum absolute atomic E-state index is 0.0869. The molecule has 0 fully saturated rings. The van der Waals surface area contributed by atoms with Crippen LogP contribution in [0.2, 0.25) is 0 Å². The van der Waals surface area contributed by atoms with Gasteiger partial charge in [0.25, 0.3) is 0 Å². The Hall–Kier alpha value is -4.39. The largest absolute Gasteiger partial charge is 0.463 e. The first kappa shape index (κ1) is 27.6. The fourth-order valence-electron chi connectivity index (χ4n) is 4.92. The highest BCUT2D eigenvalue weighted by Crippen LogP contribution is 2.37. The van der Waals surface area contributed by atoms with Crippen LogP contribution in [0, 0.1) is 0 Å². The van der Waals surface area contributed by atoms with E-state index in [1.165, 1.54) is 0 Å². The lowest BCUT2D eigenvalue weighted by Crippen LogP contribution is -2.48. The van der Waals surface area contributed by atoms with Crippen LogP contribution < -0.4 is 10.6 Å².